The molecule has 8 nitrogen and oxygen atoms in total. The topological polar surface area (TPSA) is 104 Å². The minimum Gasteiger partial charge on any atom is -0.373 e. The van der Waals surface area contributed by atoms with E-state index in [1.807, 2.05) is 24.4 Å². The Morgan fingerprint density at radius 3 is 2.61 bits per heavy atom. The van der Waals surface area contributed by atoms with Gasteiger partial charge in [-0.05, 0) is 42.0 Å². The third kappa shape index (κ3) is 4.64. The molecule has 3 aromatic heterocycles. The number of halogens is 3. The maximum absolute atomic E-state index is 13.7. The Balaban J connectivity index is 1.62. The van der Waals surface area contributed by atoms with Gasteiger partial charge in [0, 0.05) is 42.4 Å². The van der Waals surface area contributed by atoms with Crippen LogP contribution >= 0.6 is 23.2 Å². The smallest absolute Gasteiger partial charge is 0.141 e. The van der Waals surface area contributed by atoms with Crippen molar-refractivity contribution in [1.82, 2.24) is 25.0 Å². The molecule has 0 fully saturated rings. The third-order valence-electron chi connectivity index (χ3n) is 5.48. The number of nitrogens with zero attached hydrogens (tertiary/aromatic N) is 6. The monoisotopic (exact) mass is 518 g/mol. The molecular weight excluding hydrogens is 502 g/mol. The Morgan fingerprint density at radius 1 is 1.08 bits per heavy atom. The number of hydrogen-bond donors (Lipinski definition) is 2. The van der Waals surface area contributed by atoms with Crippen LogP contribution in [0.25, 0.3) is 10.9 Å². The summed E-state index contributed by atoms with van der Waals surface area (Å²) < 4.78 is 15.3. The minimum atomic E-state index is -0.540. The van der Waals surface area contributed by atoms with E-state index < -0.39 is 5.82 Å². The zero-order valence-electron chi connectivity index (χ0n) is 18.7. The molecule has 0 unspecified atom stereocenters. The summed E-state index contributed by atoms with van der Waals surface area (Å²) in [6.07, 6.45) is 6.69. The van der Waals surface area contributed by atoms with Crippen LogP contribution in [-0.2, 0) is 7.05 Å². The molecule has 2 N–H and O–H groups in total. The number of rotatable bonds is 6. The molecule has 0 amide bonds. The summed E-state index contributed by atoms with van der Waals surface area (Å²) in [6.45, 7) is 0. The average Bonchev–Trinajstić information content (AvgIpc) is 3.31. The van der Waals surface area contributed by atoms with Gasteiger partial charge in [-0.15, -0.1) is 5.10 Å². The van der Waals surface area contributed by atoms with Crippen molar-refractivity contribution in [3.05, 3.63) is 99.9 Å². The first-order valence-electron chi connectivity index (χ1n) is 10.7. The van der Waals surface area contributed by atoms with Crippen molar-refractivity contribution in [3.8, 4) is 6.07 Å². The van der Waals surface area contributed by atoms with E-state index in [-0.39, 0.29) is 16.6 Å². The molecular formula is C25H17Cl2FN8. The fraction of sp³-hybridized carbons (Fsp3) is 0.0800. The van der Waals surface area contributed by atoms with Gasteiger partial charge in [-0.3, -0.25) is 14.6 Å². The highest BCUT2D eigenvalue weighted by Crippen LogP contribution is 2.37. The van der Waals surface area contributed by atoms with E-state index in [0.717, 1.165) is 5.56 Å². The van der Waals surface area contributed by atoms with Gasteiger partial charge < -0.3 is 10.6 Å². The van der Waals surface area contributed by atoms with Gasteiger partial charge in [-0.2, -0.15) is 5.26 Å². The van der Waals surface area contributed by atoms with Crippen LogP contribution in [0.3, 0.4) is 0 Å². The number of pyridine rings is 2. The molecule has 0 saturated heterocycles. The number of benzene rings is 2. The molecule has 2 aromatic carbocycles. The number of aryl methyl sites for hydroxylation is 1. The summed E-state index contributed by atoms with van der Waals surface area (Å²) in [6, 6.07) is 13.4. The molecule has 0 aliphatic rings. The molecule has 5 aromatic rings. The van der Waals surface area contributed by atoms with E-state index in [1.54, 1.807) is 30.2 Å². The molecule has 5 rings (SSSR count). The third-order valence-corrected chi connectivity index (χ3v) is 6.06. The van der Waals surface area contributed by atoms with Gasteiger partial charge in [0.05, 0.1) is 39.1 Å². The molecule has 0 spiro atoms. The molecule has 0 bridgehead atoms. The number of anilines is 3. The first-order chi connectivity index (χ1) is 17.4. The van der Waals surface area contributed by atoms with Crippen LogP contribution in [0.1, 0.15) is 22.9 Å². The highest BCUT2D eigenvalue weighted by atomic mass is 35.5. The number of nitriles is 1. The summed E-state index contributed by atoms with van der Waals surface area (Å²) in [4.78, 5) is 8.61. The molecule has 1 atom stereocenters. The van der Waals surface area contributed by atoms with Gasteiger partial charge in [-0.25, -0.2) is 4.39 Å². The Hall–Kier alpha value is -4.26. The molecule has 0 aliphatic heterocycles. The van der Waals surface area contributed by atoms with Gasteiger partial charge in [0.25, 0.3) is 0 Å². The van der Waals surface area contributed by atoms with Crippen LogP contribution < -0.4 is 10.6 Å². The first-order valence-corrected chi connectivity index (χ1v) is 11.5. The van der Waals surface area contributed by atoms with Crippen LogP contribution in [-0.4, -0.2) is 25.0 Å². The Labute approximate surface area is 215 Å². The van der Waals surface area contributed by atoms with Crippen molar-refractivity contribution in [2.75, 3.05) is 10.6 Å². The molecule has 11 heteroatoms. The first kappa shape index (κ1) is 23.5. The van der Waals surface area contributed by atoms with Crippen LogP contribution in [0.15, 0.2) is 67.3 Å². The van der Waals surface area contributed by atoms with Crippen LogP contribution in [0.4, 0.5) is 21.5 Å². The van der Waals surface area contributed by atoms with E-state index in [1.165, 1.54) is 24.4 Å². The molecule has 0 radical (unpaired) electrons. The second kappa shape index (κ2) is 9.77. The maximum Gasteiger partial charge on any atom is 0.141 e. The lowest BCUT2D eigenvalue weighted by atomic mass is 10.0. The second-order valence-electron chi connectivity index (χ2n) is 7.95. The zero-order valence-corrected chi connectivity index (χ0v) is 20.3. The summed E-state index contributed by atoms with van der Waals surface area (Å²) >= 11 is 12.6. The van der Waals surface area contributed by atoms with E-state index in [4.69, 9.17) is 23.2 Å². The van der Waals surface area contributed by atoms with Gasteiger partial charge in [-0.1, -0.05) is 34.5 Å². The molecule has 0 aliphatic carbocycles. The standard InChI is InChI=1S/C25H17Cl2FN8/c1-36-13-22(34-35-36)24(14-3-2-6-30-11-14)33-17-7-18-23(32-16-4-5-21(28)19(26)8-16)15(10-29)12-31-25(18)20(27)9-17/h2-9,11-13,24,33H,1H3,(H,31,32)/t24-/m1/s1. The lowest BCUT2D eigenvalue weighted by molar-refractivity contribution is 0.628. The second-order valence-corrected chi connectivity index (χ2v) is 8.76. The number of fused-ring (bicyclic) bond motifs is 1. The molecule has 3 heterocycles. The highest BCUT2D eigenvalue weighted by Gasteiger charge is 2.20. The van der Waals surface area contributed by atoms with Crippen LogP contribution in [0.2, 0.25) is 10.0 Å². The Kier molecular flexibility index (Phi) is 6.38. The predicted octanol–water partition coefficient (Wildman–Crippen LogP) is 6.02. The van der Waals surface area contributed by atoms with Crippen LogP contribution in [0.5, 0.6) is 0 Å². The summed E-state index contributed by atoms with van der Waals surface area (Å²) in [5.41, 5.74) is 3.97. The lowest BCUT2D eigenvalue weighted by Crippen LogP contribution is -2.13. The summed E-state index contributed by atoms with van der Waals surface area (Å²) in [7, 11) is 1.79. The van der Waals surface area contributed by atoms with Gasteiger partial charge >= 0.3 is 0 Å². The van der Waals surface area contributed by atoms with Crippen molar-refractivity contribution in [3.63, 3.8) is 0 Å². The Bertz CT molecular complexity index is 1610. The van der Waals surface area contributed by atoms with Crippen molar-refractivity contribution < 1.29 is 4.39 Å². The minimum absolute atomic E-state index is 0.0412. The largest absolute Gasteiger partial charge is 0.373 e. The van der Waals surface area contributed by atoms with Crippen LogP contribution in [0, 0.1) is 17.1 Å². The number of nitrogens with one attached hydrogen (secondary N) is 2. The van der Waals surface area contributed by atoms with Crippen molar-refractivity contribution in [2.24, 2.45) is 7.05 Å². The fourth-order valence-electron chi connectivity index (χ4n) is 3.82. The van der Waals surface area contributed by atoms with E-state index >= 15 is 0 Å². The van der Waals surface area contributed by atoms with Gasteiger partial charge in [0.1, 0.15) is 17.6 Å². The summed E-state index contributed by atoms with van der Waals surface area (Å²) in [5.74, 6) is -0.540. The van der Waals surface area contributed by atoms with Crippen molar-refractivity contribution in [2.45, 2.75) is 6.04 Å². The quantitative estimate of drug-likeness (QED) is 0.283. The zero-order chi connectivity index (χ0) is 25.2. The summed E-state index contributed by atoms with van der Waals surface area (Å²) in [5, 5.41) is 25.6. The highest BCUT2D eigenvalue weighted by molar-refractivity contribution is 6.36. The van der Waals surface area contributed by atoms with Gasteiger partial charge in [0.15, 0.2) is 0 Å². The van der Waals surface area contributed by atoms with Gasteiger partial charge in [0.2, 0.25) is 0 Å². The molecule has 178 valence electrons. The predicted molar refractivity (Wildman–Crippen MR) is 137 cm³/mol. The molecule has 0 saturated carbocycles. The lowest BCUT2D eigenvalue weighted by Gasteiger charge is -2.19. The number of hydrogen-bond acceptors (Lipinski definition) is 7. The number of aromatic nitrogens is 5. The average molecular weight is 519 g/mol. The SMILES string of the molecule is Cn1cc([C@H](Nc2cc(Cl)c3ncc(C#N)c(Nc4ccc(F)c(Cl)c4)c3c2)c2cccnc2)nn1. The van der Waals surface area contributed by atoms with E-state index in [0.29, 0.717) is 38.7 Å². The maximum atomic E-state index is 13.7. The van der Waals surface area contributed by atoms with E-state index in [2.05, 4.69) is 37.0 Å². The van der Waals surface area contributed by atoms with Crippen molar-refractivity contribution >= 4 is 51.2 Å². The fourth-order valence-corrected chi connectivity index (χ4v) is 4.27. The Morgan fingerprint density at radius 2 is 1.92 bits per heavy atom. The van der Waals surface area contributed by atoms with Crippen molar-refractivity contribution in [1.29, 1.82) is 5.26 Å². The molecule has 36 heavy (non-hydrogen) atoms. The van der Waals surface area contributed by atoms with E-state index in [9.17, 15) is 9.65 Å². The normalized spacial score (nSPS) is 11.8.